The summed E-state index contributed by atoms with van der Waals surface area (Å²) in [5, 5.41) is 5.11. The standard InChI is InChI=1S/C5H11N3/c1-5(6)4-8(3)7-2/h4H,2,6H2,1,3H3. The smallest absolute Gasteiger partial charge is 0.0413 e. The summed E-state index contributed by atoms with van der Waals surface area (Å²) in [5.74, 6) is 0. The Hall–Kier alpha value is -0.990. The molecule has 2 N–H and O–H groups in total. The van der Waals surface area contributed by atoms with Gasteiger partial charge in [-0.15, -0.1) is 0 Å². The van der Waals surface area contributed by atoms with E-state index in [9.17, 15) is 0 Å². The fourth-order valence-electron chi connectivity index (χ4n) is 0.336. The first-order valence-electron chi connectivity index (χ1n) is 2.30. The van der Waals surface area contributed by atoms with Gasteiger partial charge in [-0.1, -0.05) is 0 Å². The largest absolute Gasteiger partial charge is 0.401 e. The van der Waals surface area contributed by atoms with Crippen molar-refractivity contribution in [1.29, 1.82) is 0 Å². The van der Waals surface area contributed by atoms with Crippen LogP contribution >= 0.6 is 0 Å². The predicted molar refractivity (Wildman–Crippen MR) is 35.3 cm³/mol. The Bertz CT molecular complexity index is 102. The van der Waals surface area contributed by atoms with E-state index in [4.69, 9.17) is 5.73 Å². The van der Waals surface area contributed by atoms with Crippen molar-refractivity contribution in [3.05, 3.63) is 11.9 Å². The summed E-state index contributed by atoms with van der Waals surface area (Å²) in [6, 6.07) is 0. The van der Waals surface area contributed by atoms with E-state index in [1.165, 1.54) is 0 Å². The molecule has 0 fully saturated rings. The van der Waals surface area contributed by atoms with Crippen molar-refractivity contribution in [2.75, 3.05) is 7.05 Å². The first-order chi connectivity index (χ1) is 3.66. The summed E-state index contributed by atoms with van der Waals surface area (Å²) in [5.41, 5.74) is 6.02. The third-order valence-corrected chi connectivity index (χ3v) is 0.614. The van der Waals surface area contributed by atoms with E-state index < -0.39 is 0 Å². The van der Waals surface area contributed by atoms with Crippen molar-refractivity contribution in [2.24, 2.45) is 10.8 Å². The molecule has 0 rings (SSSR count). The quantitative estimate of drug-likeness (QED) is 0.415. The summed E-state index contributed by atoms with van der Waals surface area (Å²) in [6.07, 6.45) is 1.69. The lowest BCUT2D eigenvalue weighted by molar-refractivity contribution is 0.490. The lowest BCUT2D eigenvalue weighted by atomic mass is 10.6. The molecule has 0 spiro atoms. The Morgan fingerprint density at radius 3 is 2.50 bits per heavy atom. The molecule has 0 aromatic carbocycles. The van der Waals surface area contributed by atoms with Crippen LogP contribution in [0.2, 0.25) is 0 Å². The maximum absolute atomic E-state index is 5.30. The third kappa shape index (κ3) is 3.21. The van der Waals surface area contributed by atoms with Crippen LogP contribution in [0.1, 0.15) is 6.92 Å². The van der Waals surface area contributed by atoms with Gasteiger partial charge in [0.05, 0.1) is 0 Å². The molecule has 3 nitrogen and oxygen atoms in total. The first kappa shape index (κ1) is 7.01. The van der Waals surface area contributed by atoms with Crippen LogP contribution < -0.4 is 5.73 Å². The van der Waals surface area contributed by atoms with Gasteiger partial charge in [0.1, 0.15) is 0 Å². The molecule has 0 heterocycles. The zero-order chi connectivity index (χ0) is 6.57. The van der Waals surface area contributed by atoms with Crippen molar-refractivity contribution in [3.8, 4) is 0 Å². The van der Waals surface area contributed by atoms with Gasteiger partial charge in [-0.2, -0.15) is 5.10 Å². The fourth-order valence-corrected chi connectivity index (χ4v) is 0.336. The SMILES string of the molecule is C=NN(C)C=C(C)N. The maximum atomic E-state index is 5.30. The topological polar surface area (TPSA) is 41.6 Å². The predicted octanol–water partition coefficient (Wildman–Crippen LogP) is 0.354. The molecule has 3 heteroatoms. The van der Waals surface area contributed by atoms with Crippen molar-refractivity contribution >= 4 is 6.72 Å². The molecule has 0 aromatic rings. The second kappa shape index (κ2) is 3.07. The van der Waals surface area contributed by atoms with Gasteiger partial charge in [0.25, 0.3) is 0 Å². The number of hydrazone groups is 1. The van der Waals surface area contributed by atoms with Gasteiger partial charge in [-0.25, -0.2) is 0 Å². The van der Waals surface area contributed by atoms with Crippen molar-refractivity contribution < 1.29 is 0 Å². The average Bonchev–Trinajstić information content (AvgIpc) is 1.65. The highest BCUT2D eigenvalue weighted by Gasteiger charge is 1.80. The van der Waals surface area contributed by atoms with E-state index in [1.807, 2.05) is 0 Å². The molecular weight excluding hydrogens is 102 g/mol. The van der Waals surface area contributed by atoms with E-state index in [1.54, 1.807) is 25.2 Å². The molecule has 8 heavy (non-hydrogen) atoms. The van der Waals surface area contributed by atoms with E-state index in [0.29, 0.717) is 0 Å². The van der Waals surface area contributed by atoms with Gasteiger partial charge in [-0.3, -0.25) is 5.01 Å². The van der Waals surface area contributed by atoms with Crippen molar-refractivity contribution in [1.82, 2.24) is 5.01 Å². The molecule has 0 radical (unpaired) electrons. The van der Waals surface area contributed by atoms with Crippen LogP contribution in [0.3, 0.4) is 0 Å². The molecule has 0 amide bonds. The molecule has 46 valence electrons. The van der Waals surface area contributed by atoms with E-state index in [2.05, 4.69) is 11.8 Å². The van der Waals surface area contributed by atoms with E-state index in [-0.39, 0.29) is 0 Å². The Balaban J connectivity index is 3.68. The highest BCUT2D eigenvalue weighted by molar-refractivity contribution is 5.22. The number of hydrogen-bond donors (Lipinski definition) is 1. The number of nitrogens with two attached hydrogens (primary N) is 1. The molecule has 0 aliphatic heterocycles. The molecule has 0 saturated heterocycles. The number of rotatable bonds is 2. The van der Waals surface area contributed by atoms with Gasteiger partial charge < -0.3 is 5.73 Å². The molecule has 0 aliphatic carbocycles. The lowest BCUT2D eigenvalue weighted by Gasteiger charge is -2.03. The van der Waals surface area contributed by atoms with Crippen LogP contribution in [-0.4, -0.2) is 18.8 Å². The highest BCUT2D eigenvalue weighted by Crippen LogP contribution is 1.85. The Labute approximate surface area is 49.5 Å². The van der Waals surface area contributed by atoms with E-state index >= 15 is 0 Å². The minimum Gasteiger partial charge on any atom is -0.401 e. The van der Waals surface area contributed by atoms with Gasteiger partial charge in [0.2, 0.25) is 0 Å². The van der Waals surface area contributed by atoms with Crippen molar-refractivity contribution in [2.45, 2.75) is 6.92 Å². The van der Waals surface area contributed by atoms with Crippen LogP contribution in [-0.2, 0) is 0 Å². The summed E-state index contributed by atoms with van der Waals surface area (Å²) < 4.78 is 0. The number of allylic oxidation sites excluding steroid dienone is 1. The average molecular weight is 113 g/mol. The fraction of sp³-hybridized carbons (Fsp3) is 0.400. The summed E-state index contributed by atoms with van der Waals surface area (Å²) in [4.78, 5) is 0. The molecule has 0 unspecified atom stereocenters. The zero-order valence-electron chi connectivity index (χ0n) is 5.26. The van der Waals surface area contributed by atoms with E-state index in [0.717, 1.165) is 5.70 Å². The summed E-state index contributed by atoms with van der Waals surface area (Å²) >= 11 is 0. The Morgan fingerprint density at radius 2 is 2.38 bits per heavy atom. The zero-order valence-corrected chi connectivity index (χ0v) is 5.26. The van der Waals surface area contributed by atoms with Gasteiger partial charge >= 0.3 is 0 Å². The summed E-state index contributed by atoms with van der Waals surface area (Å²) in [7, 11) is 1.77. The minimum atomic E-state index is 0.722. The van der Waals surface area contributed by atoms with Crippen LogP contribution in [0, 0.1) is 0 Å². The van der Waals surface area contributed by atoms with Crippen molar-refractivity contribution in [3.63, 3.8) is 0 Å². The molecule has 0 aliphatic rings. The molecule has 0 saturated carbocycles. The maximum Gasteiger partial charge on any atom is 0.0413 e. The minimum absolute atomic E-state index is 0.722. The third-order valence-electron chi connectivity index (χ3n) is 0.614. The summed E-state index contributed by atoms with van der Waals surface area (Å²) in [6.45, 7) is 5.08. The lowest BCUT2D eigenvalue weighted by Crippen LogP contribution is -2.04. The van der Waals surface area contributed by atoms with Crippen LogP contribution in [0.25, 0.3) is 0 Å². The number of nitrogens with zero attached hydrogens (tertiary/aromatic N) is 2. The Morgan fingerprint density at radius 1 is 1.88 bits per heavy atom. The normalized spacial score (nSPS) is 11.0. The monoisotopic (exact) mass is 113 g/mol. The Kier molecular flexibility index (Phi) is 2.69. The van der Waals surface area contributed by atoms with Gasteiger partial charge in [-0.05, 0) is 6.92 Å². The molecule has 0 atom stereocenters. The van der Waals surface area contributed by atoms with Gasteiger partial charge in [0, 0.05) is 25.7 Å². The second-order valence-electron chi connectivity index (χ2n) is 1.59. The number of hydrogen-bond acceptors (Lipinski definition) is 3. The molecular formula is C5H11N3. The molecule has 0 aromatic heterocycles. The second-order valence-corrected chi connectivity index (χ2v) is 1.59. The van der Waals surface area contributed by atoms with Crippen LogP contribution in [0.5, 0.6) is 0 Å². The van der Waals surface area contributed by atoms with Gasteiger partial charge in [0.15, 0.2) is 0 Å². The highest BCUT2D eigenvalue weighted by atomic mass is 15.4. The van der Waals surface area contributed by atoms with Crippen LogP contribution in [0.15, 0.2) is 17.0 Å². The molecule has 0 bridgehead atoms. The first-order valence-corrected chi connectivity index (χ1v) is 2.30. The van der Waals surface area contributed by atoms with Crippen LogP contribution in [0.4, 0.5) is 0 Å².